The quantitative estimate of drug-likeness (QED) is 0.764. The third-order valence-corrected chi connectivity index (χ3v) is 6.28. The predicted octanol–water partition coefficient (Wildman–Crippen LogP) is 3.64. The van der Waals surface area contributed by atoms with Crippen LogP contribution in [0.5, 0.6) is 0 Å². The molecule has 0 spiro atoms. The summed E-state index contributed by atoms with van der Waals surface area (Å²) in [5.41, 5.74) is 5.33. The minimum atomic E-state index is -0.157. The Morgan fingerprint density at radius 3 is 2.34 bits per heavy atom. The van der Waals surface area contributed by atoms with Gasteiger partial charge in [0.1, 0.15) is 0 Å². The largest absolute Gasteiger partial charge is 0.392 e. The molecule has 2 N–H and O–H groups in total. The summed E-state index contributed by atoms with van der Waals surface area (Å²) in [7, 11) is 0. The summed E-state index contributed by atoms with van der Waals surface area (Å²) < 4.78 is 0. The average Bonchev–Trinajstić information content (AvgIpc) is 2.77. The molecular weight excluding hydrogens is 362 g/mol. The van der Waals surface area contributed by atoms with Crippen molar-refractivity contribution >= 4 is 5.78 Å². The standard InChI is InChI=1S/C25H29NO3/c27-16-22-13-20-6-7-21(25(29)24(20)14-23(22)17-28)12-18-8-10-26(11-9-18)15-19-4-2-1-3-5-19/h1-5,12-14,18,27-28H,6-11,15-17H2/b21-12+. The number of ketones is 1. The van der Waals surface area contributed by atoms with Crippen LogP contribution in [0.4, 0.5) is 0 Å². The maximum Gasteiger partial charge on any atom is 0.188 e. The molecular formula is C25H29NO3. The molecule has 1 fully saturated rings. The minimum absolute atomic E-state index is 0.0946. The van der Waals surface area contributed by atoms with Crippen molar-refractivity contribution in [1.82, 2.24) is 4.90 Å². The lowest BCUT2D eigenvalue weighted by molar-refractivity contribution is 0.102. The summed E-state index contributed by atoms with van der Waals surface area (Å²) in [4.78, 5) is 15.5. The fourth-order valence-electron chi connectivity index (χ4n) is 4.57. The summed E-state index contributed by atoms with van der Waals surface area (Å²) in [6.07, 6.45) is 5.96. The van der Waals surface area contributed by atoms with E-state index in [-0.39, 0.29) is 19.0 Å². The van der Waals surface area contributed by atoms with Gasteiger partial charge >= 0.3 is 0 Å². The van der Waals surface area contributed by atoms with Crippen molar-refractivity contribution in [2.24, 2.45) is 5.92 Å². The highest BCUT2D eigenvalue weighted by molar-refractivity contribution is 6.10. The summed E-state index contributed by atoms with van der Waals surface area (Å²) in [5, 5.41) is 19.0. The molecule has 0 aromatic heterocycles. The highest BCUT2D eigenvalue weighted by Crippen LogP contribution is 2.31. The van der Waals surface area contributed by atoms with Crippen molar-refractivity contribution in [3.63, 3.8) is 0 Å². The van der Waals surface area contributed by atoms with Crippen molar-refractivity contribution in [2.75, 3.05) is 13.1 Å². The van der Waals surface area contributed by atoms with Gasteiger partial charge in [0, 0.05) is 12.1 Å². The molecule has 4 heteroatoms. The monoisotopic (exact) mass is 391 g/mol. The number of hydrogen-bond donors (Lipinski definition) is 2. The lowest BCUT2D eigenvalue weighted by atomic mass is 9.82. The van der Waals surface area contributed by atoms with Crippen LogP contribution in [-0.2, 0) is 26.2 Å². The van der Waals surface area contributed by atoms with Crippen LogP contribution in [0.1, 0.15) is 51.9 Å². The Bertz CT molecular complexity index is 896. The fourth-order valence-corrected chi connectivity index (χ4v) is 4.57. The van der Waals surface area contributed by atoms with Crippen molar-refractivity contribution in [1.29, 1.82) is 0 Å². The third-order valence-electron chi connectivity index (χ3n) is 6.28. The zero-order valence-electron chi connectivity index (χ0n) is 16.8. The maximum absolute atomic E-state index is 13.0. The maximum atomic E-state index is 13.0. The van der Waals surface area contributed by atoms with E-state index >= 15 is 0 Å². The van der Waals surface area contributed by atoms with Crippen LogP contribution in [0, 0.1) is 5.92 Å². The first-order valence-corrected chi connectivity index (χ1v) is 10.6. The molecule has 2 aromatic rings. The Hall–Kier alpha value is -2.27. The average molecular weight is 392 g/mol. The van der Waals surface area contributed by atoms with Gasteiger partial charge in [-0.1, -0.05) is 42.5 Å². The van der Waals surface area contributed by atoms with Crippen molar-refractivity contribution < 1.29 is 15.0 Å². The van der Waals surface area contributed by atoms with E-state index < -0.39 is 0 Å². The van der Waals surface area contributed by atoms with Gasteiger partial charge in [0.15, 0.2) is 5.78 Å². The Morgan fingerprint density at radius 2 is 1.66 bits per heavy atom. The van der Waals surface area contributed by atoms with Crippen LogP contribution in [-0.4, -0.2) is 34.0 Å². The van der Waals surface area contributed by atoms with Crippen LogP contribution in [0.15, 0.2) is 54.1 Å². The number of hydrogen-bond acceptors (Lipinski definition) is 4. The highest BCUT2D eigenvalue weighted by Gasteiger charge is 2.25. The zero-order valence-corrected chi connectivity index (χ0v) is 16.8. The van der Waals surface area contributed by atoms with Crippen molar-refractivity contribution in [3.8, 4) is 0 Å². The third kappa shape index (κ3) is 4.50. The first-order valence-electron chi connectivity index (χ1n) is 10.6. The van der Waals surface area contributed by atoms with Crippen molar-refractivity contribution in [3.05, 3.63) is 81.9 Å². The molecule has 29 heavy (non-hydrogen) atoms. The Morgan fingerprint density at radius 1 is 0.966 bits per heavy atom. The van der Waals surface area contributed by atoms with Gasteiger partial charge in [0.05, 0.1) is 13.2 Å². The van der Waals surface area contributed by atoms with E-state index in [1.807, 2.05) is 6.07 Å². The second-order valence-electron chi connectivity index (χ2n) is 8.21. The van der Waals surface area contributed by atoms with Gasteiger partial charge in [-0.2, -0.15) is 0 Å². The molecule has 0 saturated carbocycles. The second-order valence-corrected chi connectivity index (χ2v) is 8.21. The Kier molecular flexibility index (Phi) is 6.24. The number of aliphatic hydroxyl groups excluding tert-OH is 2. The molecule has 152 valence electrons. The van der Waals surface area contributed by atoms with E-state index in [0.29, 0.717) is 17.0 Å². The lowest BCUT2D eigenvalue weighted by Crippen LogP contribution is -2.33. The Labute approximate surface area is 172 Å². The van der Waals surface area contributed by atoms with Gasteiger partial charge in [-0.05, 0) is 78.6 Å². The first kappa shape index (κ1) is 20.0. The normalized spacial score (nSPS) is 19.5. The number of benzene rings is 2. The fraction of sp³-hybridized carbons (Fsp3) is 0.400. The predicted molar refractivity (Wildman–Crippen MR) is 113 cm³/mol. The number of rotatable bonds is 5. The van der Waals surface area contributed by atoms with E-state index in [0.717, 1.165) is 62.0 Å². The Balaban J connectivity index is 1.42. The number of likely N-dealkylation sites (tertiary alicyclic amines) is 1. The summed E-state index contributed by atoms with van der Waals surface area (Å²) >= 11 is 0. The van der Waals surface area contributed by atoms with Gasteiger partial charge in [-0.15, -0.1) is 0 Å². The van der Waals surface area contributed by atoms with E-state index in [4.69, 9.17) is 0 Å². The molecule has 4 rings (SSSR count). The molecule has 4 nitrogen and oxygen atoms in total. The van der Waals surface area contributed by atoms with Gasteiger partial charge in [-0.25, -0.2) is 0 Å². The first-order chi connectivity index (χ1) is 14.2. The van der Waals surface area contributed by atoms with Crippen LogP contribution >= 0.6 is 0 Å². The number of allylic oxidation sites excluding steroid dienone is 2. The van der Waals surface area contributed by atoms with E-state index in [1.165, 1.54) is 5.56 Å². The summed E-state index contributed by atoms with van der Waals surface area (Å²) in [6, 6.07) is 14.2. The molecule has 2 aliphatic rings. The molecule has 0 amide bonds. The van der Waals surface area contributed by atoms with Crippen LogP contribution in [0.2, 0.25) is 0 Å². The number of fused-ring (bicyclic) bond motifs is 1. The summed E-state index contributed by atoms with van der Waals surface area (Å²) in [6.45, 7) is 2.84. The molecule has 0 radical (unpaired) electrons. The van der Waals surface area contributed by atoms with Crippen LogP contribution in [0.25, 0.3) is 0 Å². The number of piperidine rings is 1. The number of carbonyl (C=O) groups excluding carboxylic acids is 1. The number of Topliss-reactive ketones (excluding diaryl/α,β-unsaturated/α-hetero) is 1. The molecule has 1 aliphatic heterocycles. The molecule has 0 unspecified atom stereocenters. The number of nitrogens with zero attached hydrogens (tertiary/aromatic N) is 1. The van der Waals surface area contributed by atoms with Gasteiger partial charge < -0.3 is 10.2 Å². The summed E-state index contributed by atoms with van der Waals surface area (Å²) in [5.74, 6) is 0.550. The van der Waals surface area contributed by atoms with Crippen LogP contribution in [0.3, 0.4) is 0 Å². The smallest absolute Gasteiger partial charge is 0.188 e. The zero-order chi connectivity index (χ0) is 20.2. The van der Waals surface area contributed by atoms with E-state index in [1.54, 1.807) is 6.07 Å². The number of carbonyl (C=O) groups is 1. The molecule has 0 atom stereocenters. The lowest BCUT2D eigenvalue weighted by Gasteiger charge is -2.31. The van der Waals surface area contributed by atoms with Crippen LogP contribution < -0.4 is 0 Å². The number of aryl methyl sites for hydroxylation is 1. The molecule has 2 aromatic carbocycles. The van der Waals surface area contributed by atoms with E-state index in [2.05, 4.69) is 41.3 Å². The van der Waals surface area contributed by atoms with Gasteiger partial charge in [0.2, 0.25) is 0 Å². The molecule has 0 bridgehead atoms. The molecule has 1 aliphatic carbocycles. The van der Waals surface area contributed by atoms with Crippen molar-refractivity contribution in [2.45, 2.75) is 45.4 Å². The second kappa shape index (κ2) is 9.04. The number of aliphatic hydroxyl groups is 2. The highest BCUT2D eigenvalue weighted by atomic mass is 16.3. The van der Waals surface area contributed by atoms with E-state index in [9.17, 15) is 15.0 Å². The van der Waals surface area contributed by atoms with Gasteiger partial charge in [-0.3, -0.25) is 9.69 Å². The molecule has 1 heterocycles. The van der Waals surface area contributed by atoms with Gasteiger partial charge in [0.25, 0.3) is 0 Å². The minimum Gasteiger partial charge on any atom is -0.392 e. The topological polar surface area (TPSA) is 60.8 Å². The SMILES string of the molecule is O=C1/C(=C/C2CCN(Cc3ccccc3)CC2)CCc2cc(CO)c(CO)cc21. The molecule has 1 saturated heterocycles.